The van der Waals surface area contributed by atoms with Gasteiger partial charge in [0, 0.05) is 36.8 Å². The second-order valence-electron chi connectivity index (χ2n) is 3.36. The highest BCUT2D eigenvalue weighted by Gasteiger charge is 2.19. The van der Waals surface area contributed by atoms with E-state index in [2.05, 4.69) is 9.88 Å². The Morgan fingerprint density at radius 2 is 2.62 bits per heavy atom. The van der Waals surface area contributed by atoms with Crippen LogP contribution in [0, 0.1) is 0 Å². The lowest BCUT2D eigenvalue weighted by Crippen LogP contribution is -2.25. The molecule has 5 heteroatoms. The normalized spacial score (nSPS) is 24.0. The lowest BCUT2D eigenvalue weighted by atomic mass is 10.3. The van der Waals surface area contributed by atoms with Crippen molar-refractivity contribution in [2.45, 2.75) is 19.0 Å². The zero-order chi connectivity index (χ0) is 9.26. The Balaban J connectivity index is 1.91. The molecule has 1 aromatic heterocycles. The Kier molecular flexibility index (Phi) is 2.83. The van der Waals surface area contributed by atoms with Gasteiger partial charge in [-0.3, -0.25) is 4.90 Å². The van der Waals surface area contributed by atoms with E-state index in [1.807, 2.05) is 6.20 Å². The van der Waals surface area contributed by atoms with Gasteiger partial charge in [0.05, 0.1) is 0 Å². The Hall–Kier alpha value is -0.160. The van der Waals surface area contributed by atoms with Gasteiger partial charge in [-0.25, -0.2) is 4.98 Å². The Labute approximate surface area is 86.5 Å². The SMILES string of the molecule is N[C@H]1CCN(Cc2cnc(Cl)s2)C1. The monoisotopic (exact) mass is 217 g/mol. The Morgan fingerprint density at radius 3 is 3.15 bits per heavy atom. The molecule has 2 heterocycles. The van der Waals surface area contributed by atoms with Crippen LogP contribution in [0.15, 0.2) is 6.20 Å². The largest absolute Gasteiger partial charge is 0.326 e. The molecule has 0 aliphatic carbocycles. The maximum absolute atomic E-state index is 5.80. The van der Waals surface area contributed by atoms with E-state index in [0.717, 1.165) is 26.1 Å². The van der Waals surface area contributed by atoms with Gasteiger partial charge in [-0.15, -0.1) is 11.3 Å². The van der Waals surface area contributed by atoms with Gasteiger partial charge < -0.3 is 5.73 Å². The first-order valence-electron chi connectivity index (χ1n) is 4.32. The van der Waals surface area contributed by atoms with Crippen LogP contribution < -0.4 is 5.73 Å². The molecule has 0 saturated carbocycles. The van der Waals surface area contributed by atoms with Gasteiger partial charge in [0.1, 0.15) is 0 Å². The van der Waals surface area contributed by atoms with Gasteiger partial charge in [0.15, 0.2) is 4.47 Å². The predicted octanol–water partition coefficient (Wildman–Crippen LogP) is 1.33. The van der Waals surface area contributed by atoms with E-state index in [4.69, 9.17) is 17.3 Å². The molecule has 1 atom stereocenters. The van der Waals surface area contributed by atoms with Gasteiger partial charge in [-0.1, -0.05) is 11.6 Å². The topological polar surface area (TPSA) is 42.1 Å². The number of nitrogens with two attached hydrogens (primary N) is 1. The number of thiazole rings is 1. The number of halogens is 1. The van der Waals surface area contributed by atoms with Gasteiger partial charge in [0.25, 0.3) is 0 Å². The lowest BCUT2D eigenvalue weighted by Gasteiger charge is -2.12. The van der Waals surface area contributed by atoms with E-state index >= 15 is 0 Å². The van der Waals surface area contributed by atoms with Crippen molar-refractivity contribution in [3.05, 3.63) is 15.5 Å². The Morgan fingerprint density at radius 1 is 1.77 bits per heavy atom. The summed E-state index contributed by atoms with van der Waals surface area (Å²) in [4.78, 5) is 7.57. The molecular formula is C8H12ClN3S. The third kappa shape index (κ3) is 2.40. The van der Waals surface area contributed by atoms with Crippen LogP contribution in [0.1, 0.15) is 11.3 Å². The smallest absolute Gasteiger partial charge is 0.183 e. The summed E-state index contributed by atoms with van der Waals surface area (Å²) in [6.07, 6.45) is 2.95. The van der Waals surface area contributed by atoms with Crippen molar-refractivity contribution in [1.29, 1.82) is 0 Å². The molecule has 2 rings (SSSR count). The van der Waals surface area contributed by atoms with Crippen molar-refractivity contribution in [3.63, 3.8) is 0 Å². The first-order chi connectivity index (χ1) is 6.24. The van der Waals surface area contributed by atoms with E-state index in [1.54, 1.807) is 11.3 Å². The predicted molar refractivity (Wildman–Crippen MR) is 55.0 cm³/mol. The fraction of sp³-hybridized carbons (Fsp3) is 0.625. The average molecular weight is 218 g/mol. The fourth-order valence-corrected chi connectivity index (χ4v) is 2.60. The quantitative estimate of drug-likeness (QED) is 0.813. The molecule has 0 aromatic carbocycles. The summed E-state index contributed by atoms with van der Waals surface area (Å²) in [6, 6.07) is 0.350. The molecule has 0 spiro atoms. The third-order valence-corrected chi connectivity index (χ3v) is 3.31. The summed E-state index contributed by atoms with van der Waals surface area (Å²) in [7, 11) is 0. The van der Waals surface area contributed by atoms with E-state index in [9.17, 15) is 0 Å². The fourth-order valence-electron chi connectivity index (χ4n) is 1.58. The standard InChI is InChI=1S/C8H12ClN3S/c9-8-11-3-7(13-8)5-12-2-1-6(10)4-12/h3,6H,1-2,4-5,10H2/t6-/m0/s1. The summed E-state index contributed by atoms with van der Waals surface area (Å²) >= 11 is 7.29. The maximum atomic E-state index is 5.80. The molecule has 0 bridgehead atoms. The molecule has 1 aromatic rings. The minimum Gasteiger partial charge on any atom is -0.326 e. The highest BCUT2D eigenvalue weighted by Crippen LogP contribution is 2.20. The summed E-state index contributed by atoms with van der Waals surface area (Å²) in [6.45, 7) is 3.03. The van der Waals surface area contributed by atoms with E-state index in [-0.39, 0.29) is 0 Å². The molecule has 72 valence electrons. The first-order valence-corrected chi connectivity index (χ1v) is 5.51. The van der Waals surface area contributed by atoms with Crippen LogP contribution in [0.3, 0.4) is 0 Å². The number of hydrogen-bond donors (Lipinski definition) is 1. The second-order valence-corrected chi connectivity index (χ2v) is 5.06. The number of likely N-dealkylation sites (tertiary alicyclic amines) is 1. The molecular weight excluding hydrogens is 206 g/mol. The van der Waals surface area contributed by atoms with Crippen LogP contribution in [0.5, 0.6) is 0 Å². The molecule has 0 unspecified atom stereocenters. The highest BCUT2D eigenvalue weighted by atomic mass is 35.5. The first kappa shape index (κ1) is 9.40. The van der Waals surface area contributed by atoms with E-state index < -0.39 is 0 Å². The zero-order valence-corrected chi connectivity index (χ0v) is 8.81. The van der Waals surface area contributed by atoms with Gasteiger partial charge in [0.2, 0.25) is 0 Å². The lowest BCUT2D eigenvalue weighted by molar-refractivity contribution is 0.329. The van der Waals surface area contributed by atoms with Crippen molar-refractivity contribution in [3.8, 4) is 0 Å². The zero-order valence-electron chi connectivity index (χ0n) is 7.24. The third-order valence-electron chi connectivity index (χ3n) is 2.21. The summed E-state index contributed by atoms with van der Waals surface area (Å²) in [5.41, 5.74) is 5.80. The maximum Gasteiger partial charge on any atom is 0.183 e. The molecule has 2 N–H and O–H groups in total. The molecule has 13 heavy (non-hydrogen) atoms. The summed E-state index contributed by atoms with van der Waals surface area (Å²) in [5.74, 6) is 0. The summed E-state index contributed by atoms with van der Waals surface area (Å²) < 4.78 is 0.624. The molecule has 1 fully saturated rings. The van der Waals surface area contributed by atoms with Crippen molar-refractivity contribution in [1.82, 2.24) is 9.88 Å². The number of hydrogen-bond acceptors (Lipinski definition) is 4. The molecule has 1 saturated heterocycles. The van der Waals surface area contributed by atoms with Crippen LogP contribution >= 0.6 is 22.9 Å². The van der Waals surface area contributed by atoms with E-state index in [0.29, 0.717) is 10.5 Å². The van der Waals surface area contributed by atoms with Crippen molar-refractivity contribution >= 4 is 22.9 Å². The Bertz CT molecular complexity index is 289. The highest BCUT2D eigenvalue weighted by molar-refractivity contribution is 7.15. The van der Waals surface area contributed by atoms with Crippen LogP contribution in [-0.2, 0) is 6.54 Å². The molecule has 1 aliphatic heterocycles. The number of nitrogens with zero attached hydrogens (tertiary/aromatic N) is 2. The van der Waals surface area contributed by atoms with Crippen molar-refractivity contribution < 1.29 is 0 Å². The average Bonchev–Trinajstić information content (AvgIpc) is 2.62. The summed E-state index contributed by atoms with van der Waals surface area (Å²) in [5, 5.41) is 0. The van der Waals surface area contributed by atoms with E-state index in [1.165, 1.54) is 4.88 Å². The van der Waals surface area contributed by atoms with Crippen LogP contribution in [0.25, 0.3) is 0 Å². The molecule has 1 aliphatic rings. The van der Waals surface area contributed by atoms with Gasteiger partial charge in [-0.2, -0.15) is 0 Å². The van der Waals surface area contributed by atoms with Gasteiger partial charge >= 0.3 is 0 Å². The van der Waals surface area contributed by atoms with Gasteiger partial charge in [-0.05, 0) is 6.42 Å². The van der Waals surface area contributed by atoms with Crippen LogP contribution in [0.4, 0.5) is 0 Å². The minimum absolute atomic E-state index is 0.350. The van der Waals surface area contributed by atoms with Crippen molar-refractivity contribution in [2.24, 2.45) is 5.73 Å². The van der Waals surface area contributed by atoms with Crippen molar-refractivity contribution in [2.75, 3.05) is 13.1 Å². The second kappa shape index (κ2) is 3.92. The molecule has 0 amide bonds. The number of aromatic nitrogens is 1. The minimum atomic E-state index is 0.350. The van der Waals surface area contributed by atoms with Crippen LogP contribution in [-0.4, -0.2) is 29.0 Å². The molecule has 0 radical (unpaired) electrons. The van der Waals surface area contributed by atoms with Crippen LogP contribution in [0.2, 0.25) is 4.47 Å². The number of rotatable bonds is 2. The molecule has 3 nitrogen and oxygen atoms in total.